The predicted octanol–water partition coefficient (Wildman–Crippen LogP) is 12.4. The van der Waals surface area contributed by atoms with E-state index in [1.807, 2.05) is 42.9 Å². The van der Waals surface area contributed by atoms with Gasteiger partial charge in [-0.25, -0.2) is 9.97 Å². The third-order valence-corrected chi connectivity index (χ3v) is 10.9. The van der Waals surface area contributed by atoms with E-state index in [2.05, 4.69) is 202 Å². The smallest absolute Gasteiger partial charge is 0.154 e. The molecule has 0 N–H and O–H groups in total. The average molecular weight is 951 g/mol. The first kappa shape index (κ1) is 37.0. The number of rotatable bonds is 8. The first-order valence-corrected chi connectivity index (χ1v) is 19.7. The van der Waals surface area contributed by atoms with E-state index in [1.165, 1.54) is 0 Å². The zero-order chi connectivity index (χ0) is 39.1. The van der Waals surface area contributed by atoms with Gasteiger partial charge in [-0.2, -0.15) is 0 Å². The minimum absolute atomic E-state index is 0. The van der Waals surface area contributed by atoms with Crippen molar-refractivity contribution in [2.45, 2.75) is 0 Å². The van der Waals surface area contributed by atoms with Gasteiger partial charge >= 0.3 is 0 Å². The molecule has 0 aliphatic carbocycles. The van der Waals surface area contributed by atoms with Crippen molar-refractivity contribution < 1.29 is 21.1 Å². The van der Waals surface area contributed by atoms with Gasteiger partial charge in [0.25, 0.3) is 0 Å². The third kappa shape index (κ3) is 6.43. The molecule has 0 saturated heterocycles. The molecule has 11 rings (SSSR count). The predicted molar refractivity (Wildman–Crippen MR) is 239 cm³/mol. The molecule has 7 heteroatoms. The largest absolute Gasteiger partial charge is 0.488 e. The van der Waals surface area contributed by atoms with Crippen molar-refractivity contribution in [3.8, 4) is 11.5 Å². The molecule has 290 valence electrons. The Hall–Kier alpha value is -7.27. The van der Waals surface area contributed by atoms with E-state index in [-0.39, 0.29) is 21.1 Å². The number of hydrogen-bond acceptors (Lipinski definition) is 4. The van der Waals surface area contributed by atoms with Crippen LogP contribution in [-0.4, -0.2) is 19.1 Å². The Morgan fingerprint density at radius 3 is 1.75 bits per heavy atom. The number of para-hydroxylation sites is 4. The molecule has 0 bridgehead atoms. The van der Waals surface area contributed by atoms with Crippen LogP contribution < -0.4 is 9.80 Å². The van der Waals surface area contributed by atoms with Gasteiger partial charge in [-0.05, 0) is 70.7 Å². The second-order valence-corrected chi connectivity index (χ2v) is 14.4. The molecule has 3 aromatic heterocycles. The molecule has 1 aliphatic rings. The third-order valence-electron chi connectivity index (χ3n) is 10.9. The van der Waals surface area contributed by atoms with Gasteiger partial charge in [-0.3, -0.25) is 4.57 Å². The summed E-state index contributed by atoms with van der Waals surface area (Å²) in [6, 6.07) is 75.3. The van der Waals surface area contributed by atoms with Gasteiger partial charge in [0.1, 0.15) is 12.1 Å². The van der Waals surface area contributed by atoms with E-state index >= 15 is 0 Å². The van der Waals surface area contributed by atoms with Crippen LogP contribution in [0.15, 0.2) is 207 Å². The molecule has 60 heavy (non-hydrogen) atoms. The van der Waals surface area contributed by atoms with Crippen LogP contribution in [0, 0.1) is 18.8 Å². The number of nitrogens with zero attached hydrogens (tertiary/aromatic N) is 6. The van der Waals surface area contributed by atoms with E-state index in [4.69, 9.17) is 9.97 Å². The summed E-state index contributed by atoms with van der Waals surface area (Å²) in [5.41, 5.74) is 14.1. The van der Waals surface area contributed by atoms with Gasteiger partial charge < -0.3 is 14.4 Å². The zero-order valence-electron chi connectivity index (χ0n) is 32.2. The fraction of sp³-hybridized carbons (Fsp3) is 0. The summed E-state index contributed by atoms with van der Waals surface area (Å²) in [5.74, 6) is 0.774. The maximum Gasteiger partial charge on any atom is 0.154 e. The number of imidazole rings is 1. The zero-order valence-corrected chi connectivity index (χ0v) is 34.5. The second kappa shape index (κ2) is 15.8. The van der Waals surface area contributed by atoms with Crippen molar-refractivity contribution >= 4 is 56.0 Å². The molecular weight excluding hydrogens is 916 g/mol. The molecule has 0 fully saturated rings. The first-order valence-electron chi connectivity index (χ1n) is 19.7. The van der Waals surface area contributed by atoms with Crippen molar-refractivity contribution in [2.24, 2.45) is 0 Å². The van der Waals surface area contributed by atoms with Crippen LogP contribution in [0.1, 0.15) is 22.3 Å². The summed E-state index contributed by atoms with van der Waals surface area (Å²) in [6.07, 6.45) is 3.72. The topological polar surface area (TPSA) is 42.1 Å². The van der Waals surface area contributed by atoms with Gasteiger partial charge in [0.05, 0.1) is 5.52 Å². The second-order valence-electron chi connectivity index (χ2n) is 14.4. The van der Waals surface area contributed by atoms with Gasteiger partial charge in [0.15, 0.2) is 5.65 Å². The molecule has 0 unspecified atom stereocenters. The summed E-state index contributed by atoms with van der Waals surface area (Å²) in [7, 11) is 0. The SMILES string of the molecule is [Pt].[c-]1c(C(=C(c2ccccc2)c2ccccc2)c2[c-]c3c(cc2)c2c(ncn2-c2ccccc2)n3-c2ccccn2)cccc1N1[CH-]N(c2ccccc2)c2ccccc21. The number of aromatic nitrogens is 4. The van der Waals surface area contributed by atoms with Crippen molar-refractivity contribution in [1.29, 1.82) is 0 Å². The van der Waals surface area contributed by atoms with Crippen LogP contribution in [0.5, 0.6) is 0 Å². The Kier molecular flexibility index (Phi) is 9.76. The Morgan fingerprint density at radius 2 is 1.08 bits per heavy atom. The number of pyridine rings is 1. The van der Waals surface area contributed by atoms with E-state index in [0.717, 1.165) is 89.7 Å². The van der Waals surface area contributed by atoms with Crippen LogP contribution >= 0.6 is 0 Å². The molecule has 10 aromatic rings. The molecule has 6 nitrogen and oxygen atoms in total. The van der Waals surface area contributed by atoms with E-state index in [0.29, 0.717) is 0 Å². The van der Waals surface area contributed by atoms with Crippen molar-refractivity contribution in [1.82, 2.24) is 19.1 Å². The van der Waals surface area contributed by atoms with Crippen molar-refractivity contribution in [3.05, 3.63) is 248 Å². The van der Waals surface area contributed by atoms with Crippen LogP contribution in [0.3, 0.4) is 0 Å². The molecule has 4 heterocycles. The summed E-state index contributed by atoms with van der Waals surface area (Å²) >= 11 is 0. The van der Waals surface area contributed by atoms with Crippen LogP contribution in [0.25, 0.3) is 44.7 Å². The molecule has 0 spiro atoms. The summed E-state index contributed by atoms with van der Waals surface area (Å²) < 4.78 is 4.28. The Balaban J connectivity index is 0.00000433. The average Bonchev–Trinajstić information content (AvgIpc) is 4.01. The van der Waals surface area contributed by atoms with E-state index in [1.54, 1.807) is 0 Å². The Labute approximate surface area is 363 Å². The maximum atomic E-state index is 5.01. The van der Waals surface area contributed by atoms with Gasteiger partial charge in [0, 0.05) is 50.0 Å². The molecule has 0 atom stereocenters. The number of hydrogen-bond donors (Lipinski definition) is 0. The maximum absolute atomic E-state index is 5.01. The van der Waals surface area contributed by atoms with Crippen LogP contribution in [-0.2, 0) is 21.1 Å². The summed E-state index contributed by atoms with van der Waals surface area (Å²) in [5, 5.41) is 1.03. The molecule has 0 radical (unpaired) electrons. The fourth-order valence-corrected chi connectivity index (χ4v) is 8.27. The van der Waals surface area contributed by atoms with E-state index in [9.17, 15) is 0 Å². The molecule has 0 amide bonds. The van der Waals surface area contributed by atoms with Crippen molar-refractivity contribution in [3.63, 3.8) is 0 Å². The first-order chi connectivity index (χ1) is 29.3. The quantitative estimate of drug-likeness (QED) is 0.112. The molecule has 7 aromatic carbocycles. The molecule has 1 aliphatic heterocycles. The summed E-state index contributed by atoms with van der Waals surface area (Å²) in [4.78, 5) is 14.3. The van der Waals surface area contributed by atoms with Crippen LogP contribution in [0.2, 0.25) is 0 Å². The number of benzene rings is 7. The Bertz CT molecular complexity index is 3080. The fourth-order valence-electron chi connectivity index (χ4n) is 8.27. The van der Waals surface area contributed by atoms with Crippen molar-refractivity contribution in [2.75, 3.05) is 9.80 Å². The van der Waals surface area contributed by atoms with E-state index < -0.39 is 0 Å². The normalized spacial score (nSPS) is 12.1. The number of anilines is 4. The number of fused-ring (bicyclic) bond motifs is 4. The van der Waals surface area contributed by atoms with Crippen LogP contribution in [0.4, 0.5) is 22.7 Å². The van der Waals surface area contributed by atoms with Gasteiger partial charge in [-0.15, -0.1) is 65.8 Å². The minimum Gasteiger partial charge on any atom is -0.488 e. The molecular formula is C53H35N6Pt-3. The van der Waals surface area contributed by atoms with Gasteiger partial charge in [0.2, 0.25) is 0 Å². The van der Waals surface area contributed by atoms with Gasteiger partial charge in [-0.1, -0.05) is 126 Å². The minimum atomic E-state index is 0. The standard InChI is InChI=1S/C53H35N6.Pt/c1-5-18-38(19-6-1)50(39-20-7-2-8-21-39)51(40-22-17-27-44(34-40)58-37-57(43-25-11-4-12-26-43)46-28-13-14-29-47(46)58)41-31-32-45-48(35-41)59(49-30-15-16-33-54-49)53-52(45)56(36-55-53)42-23-9-3-10-24-42;/h1-33,36-37H;/q-3;. The summed E-state index contributed by atoms with van der Waals surface area (Å²) in [6.45, 7) is 2.16. The Morgan fingerprint density at radius 1 is 0.483 bits per heavy atom. The molecule has 0 saturated carbocycles. The monoisotopic (exact) mass is 950 g/mol.